The Morgan fingerprint density at radius 3 is 2.43 bits per heavy atom. The van der Waals surface area contributed by atoms with Crippen LogP contribution in [0.15, 0.2) is 24.3 Å². The lowest BCUT2D eigenvalue weighted by Gasteiger charge is -2.37. The van der Waals surface area contributed by atoms with Crippen molar-refractivity contribution < 1.29 is 23.2 Å². The molecule has 4 aliphatic heterocycles. The van der Waals surface area contributed by atoms with Gasteiger partial charge in [-0.1, -0.05) is 46.4 Å². The van der Waals surface area contributed by atoms with Crippen LogP contribution in [0.2, 0.25) is 20.2 Å². The second-order valence-electron chi connectivity index (χ2n) is 9.06. The molecular weight excluding hydrogens is 548 g/mol. The van der Waals surface area contributed by atoms with Crippen LogP contribution in [0.5, 0.6) is 0 Å². The van der Waals surface area contributed by atoms with Crippen LogP contribution in [0.4, 0.5) is 20.3 Å². The van der Waals surface area contributed by atoms with Gasteiger partial charge in [-0.3, -0.25) is 19.3 Å². The maximum absolute atomic E-state index is 13.9. The molecule has 7 nitrogen and oxygen atoms in total. The number of fused-ring (bicyclic) bond motifs is 7. The standard InChI is InChI=1S/C22H14Cl4F2N4O3/c23-8-2-10-17(11(25)3-8)30-21(35)22(10)16-15(12-1-7(18(27)28)6-31(12)22)19(33)32(20(16)34)14-5-9(24)4-13(26)29-14/h2-5,7,12,15-16,18H,1,6H2,(H,30,35). The summed E-state index contributed by atoms with van der Waals surface area (Å²) in [5.74, 6) is -5.44. The number of carbonyl (C=O) groups excluding carboxylic acids is 3. The van der Waals surface area contributed by atoms with Crippen molar-refractivity contribution >= 4 is 75.6 Å². The highest BCUT2D eigenvalue weighted by molar-refractivity contribution is 6.38. The van der Waals surface area contributed by atoms with Crippen molar-refractivity contribution in [3.8, 4) is 0 Å². The van der Waals surface area contributed by atoms with Crippen molar-refractivity contribution in [2.24, 2.45) is 17.8 Å². The van der Waals surface area contributed by atoms with Crippen LogP contribution in [-0.4, -0.2) is 46.6 Å². The summed E-state index contributed by atoms with van der Waals surface area (Å²) in [6.45, 7) is -0.172. The van der Waals surface area contributed by atoms with E-state index in [-0.39, 0.29) is 50.3 Å². The van der Waals surface area contributed by atoms with E-state index in [1.165, 1.54) is 24.3 Å². The third kappa shape index (κ3) is 2.99. The van der Waals surface area contributed by atoms with Gasteiger partial charge in [-0.25, -0.2) is 18.7 Å². The molecule has 6 rings (SSSR count). The van der Waals surface area contributed by atoms with Crippen LogP contribution in [-0.2, 0) is 19.9 Å². The van der Waals surface area contributed by atoms with Crippen LogP contribution < -0.4 is 10.2 Å². The lowest BCUT2D eigenvalue weighted by molar-refractivity contribution is -0.135. The number of nitrogens with zero attached hydrogens (tertiary/aromatic N) is 3. The first-order valence-corrected chi connectivity index (χ1v) is 12.1. The van der Waals surface area contributed by atoms with Crippen molar-refractivity contribution in [3.63, 3.8) is 0 Å². The van der Waals surface area contributed by atoms with E-state index in [0.717, 1.165) is 4.90 Å². The number of benzene rings is 1. The molecule has 182 valence electrons. The van der Waals surface area contributed by atoms with Gasteiger partial charge in [-0.15, -0.1) is 0 Å². The van der Waals surface area contributed by atoms with Crippen LogP contribution in [0.25, 0.3) is 0 Å². The Hall–Kier alpha value is -2.04. The monoisotopic (exact) mass is 560 g/mol. The average molecular weight is 562 g/mol. The summed E-state index contributed by atoms with van der Waals surface area (Å²) in [6, 6.07) is 4.79. The Kier molecular flexibility index (Phi) is 5.16. The molecule has 35 heavy (non-hydrogen) atoms. The quantitative estimate of drug-likeness (QED) is 0.427. The van der Waals surface area contributed by atoms with Gasteiger partial charge in [0.05, 0.1) is 22.5 Å². The molecule has 0 bridgehead atoms. The topological polar surface area (TPSA) is 82.6 Å². The van der Waals surface area contributed by atoms with Gasteiger partial charge >= 0.3 is 0 Å². The van der Waals surface area contributed by atoms with Gasteiger partial charge in [-0.05, 0) is 24.6 Å². The van der Waals surface area contributed by atoms with E-state index in [1.807, 2.05) is 0 Å². The molecule has 3 amide bonds. The Bertz CT molecular complexity index is 1320. The van der Waals surface area contributed by atoms with Crippen molar-refractivity contribution in [2.75, 3.05) is 16.8 Å². The fourth-order valence-corrected chi connectivity index (χ4v) is 7.25. The van der Waals surface area contributed by atoms with Gasteiger partial charge in [0.25, 0.3) is 5.91 Å². The summed E-state index contributed by atoms with van der Waals surface area (Å²) in [4.78, 5) is 47.8. The zero-order valence-electron chi connectivity index (χ0n) is 17.4. The molecule has 0 aliphatic carbocycles. The number of alkyl halides is 2. The third-order valence-corrected chi connectivity index (χ3v) is 8.35. The van der Waals surface area contributed by atoms with Crippen LogP contribution in [0, 0.1) is 17.8 Å². The molecule has 1 spiro atoms. The Labute approximate surface area is 217 Å². The summed E-state index contributed by atoms with van der Waals surface area (Å²) in [5, 5.41) is 3.15. The largest absolute Gasteiger partial charge is 0.323 e. The number of imide groups is 1. The van der Waals surface area contributed by atoms with E-state index >= 15 is 0 Å². The average Bonchev–Trinajstić information content (AvgIpc) is 3.44. The number of nitrogens with one attached hydrogen (secondary N) is 1. The van der Waals surface area contributed by atoms with E-state index in [2.05, 4.69) is 10.3 Å². The van der Waals surface area contributed by atoms with Gasteiger partial charge < -0.3 is 5.32 Å². The molecule has 13 heteroatoms. The van der Waals surface area contributed by atoms with Crippen LogP contribution >= 0.6 is 46.4 Å². The fourth-order valence-electron chi connectivity index (χ4n) is 6.24. The molecule has 2 aromatic rings. The highest BCUT2D eigenvalue weighted by Crippen LogP contribution is 2.62. The van der Waals surface area contributed by atoms with E-state index in [9.17, 15) is 23.2 Å². The number of hydrogen-bond donors (Lipinski definition) is 1. The number of hydrogen-bond acceptors (Lipinski definition) is 5. The second-order valence-corrected chi connectivity index (χ2v) is 10.7. The third-order valence-electron chi connectivity index (χ3n) is 7.43. The minimum absolute atomic E-state index is 0.0392. The van der Waals surface area contributed by atoms with E-state index in [4.69, 9.17) is 46.4 Å². The number of pyridine rings is 1. The molecule has 0 saturated carbocycles. The van der Waals surface area contributed by atoms with E-state index < -0.39 is 53.5 Å². The fraction of sp³-hybridized carbons (Fsp3) is 0.364. The minimum Gasteiger partial charge on any atom is -0.323 e. The Morgan fingerprint density at radius 1 is 1.03 bits per heavy atom. The molecule has 5 atom stereocenters. The molecule has 1 aromatic heterocycles. The maximum Gasteiger partial charge on any atom is 0.250 e. The highest BCUT2D eigenvalue weighted by atomic mass is 35.5. The molecular formula is C22H14Cl4F2N4O3. The lowest BCUT2D eigenvalue weighted by atomic mass is 9.75. The summed E-state index contributed by atoms with van der Waals surface area (Å²) < 4.78 is 27.6. The van der Waals surface area contributed by atoms with Gasteiger partial charge in [0.2, 0.25) is 18.2 Å². The van der Waals surface area contributed by atoms with E-state index in [0.29, 0.717) is 0 Å². The van der Waals surface area contributed by atoms with Crippen LogP contribution in [0.3, 0.4) is 0 Å². The number of rotatable bonds is 2. The van der Waals surface area contributed by atoms with Crippen molar-refractivity contribution in [3.05, 3.63) is 50.0 Å². The number of halogens is 6. The summed E-state index contributed by atoms with van der Waals surface area (Å²) in [7, 11) is 0. The molecule has 3 saturated heterocycles. The van der Waals surface area contributed by atoms with Crippen LogP contribution in [0.1, 0.15) is 12.0 Å². The zero-order valence-corrected chi connectivity index (χ0v) is 20.5. The van der Waals surface area contributed by atoms with Crippen molar-refractivity contribution in [1.82, 2.24) is 9.88 Å². The molecule has 0 radical (unpaired) electrons. The molecule has 5 unspecified atom stereocenters. The van der Waals surface area contributed by atoms with Gasteiger partial charge in [-0.2, -0.15) is 0 Å². The predicted molar refractivity (Wildman–Crippen MR) is 125 cm³/mol. The molecule has 1 aromatic carbocycles. The SMILES string of the molecule is O=C1C2C3CC(C(F)F)CN3C3(C(=O)Nc4c(Cl)cc(Cl)cc43)C2C(=O)N1c1cc(Cl)cc(Cl)n1. The predicted octanol–water partition coefficient (Wildman–Crippen LogP) is 4.62. The number of amides is 3. The highest BCUT2D eigenvalue weighted by Gasteiger charge is 2.76. The first-order chi connectivity index (χ1) is 16.5. The van der Waals surface area contributed by atoms with E-state index in [1.54, 1.807) is 4.90 Å². The first-order valence-electron chi connectivity index (χ1n) is 10.6. The van der Waals surface area contributed by atoms with Crippen molar-refractivity contribution in [2.45, 2.75) is 24.4 Å². The number of aromatic nitrogens is 1. The summed E-state index contributed by atoms with van der Waals surface area (Å²) >= 11 is 24.7. The number of carbonyl (C=O) groups is 3. The van der Waals surface area contributed by atoms with Gasteiger partial charge in [0.1, 0.15) is 16.5 Å². The minimum atomic E-state index is -2.67. The molecule has 1 N–H and O–H groups in total. The smallest absolute Gasteiger partial charge is 0.250 e. The van der Waals surface area contributed by atoms with Crippen molar-refractivity contribution in [1.29, 1.82) is 0 Å². The molecule has 5 heterocycles. The lowest BCUT2D eigenvalue weighted by Crippen LogP contribution is -2.54. The molecule has 4 aliphatic rings. The zero-order chi connectivity index (χ0) is 25.0. The second kappa shape index (κ2) is 7.73. The van der Waals surface area contributed by atoms with Gasteiger partial charge in [0, 0.05) is 40.2 Å². The summed E-state index contributed by atoms with van der Waals surface area (Å²) in [5.41, 5.74) is -1.22. The maximum atomic E-state index is 13.9. The molecule has 3 fully saturated rings. The summed E-state index contributed by atoms with van der Waals surface area (Å²) in [6.07, 6.45) is -2.73. The Balaban J connectivity index is 1.58. The number of anilines is 2. The first kappa shape index (κ1) is 23.4. The normalized spacial score (nSPS) is 31.5. The van der Waals surface area contributed by atoms with Gasteiger partial charge in [0.15, 0.2) is 0 Å². The Morgan fingerprint density at radius 2 is 1.74 bits per heavy atom.